The number of carbonyl (C=O) groups is 2. The number of likely N-dealkylation sites (tertiary alicyclic amines) is 1. The van der Waals surface area contributed by atoms with Crippen LogP contribution in [0.3, 0.4) is 0 Å². The maximum absolute atomic E-state index is 12.6. The van der Waals surface area contributed by atoms with E-state index in [1.807, 2.05) is 17.0 Å². The molecule has 7 heteroatoms. The van der Waals surface area contributed by atoms with Crippen LogP contribution in [0.5, 0.6) is 0 Å². The van der Waals surface area contributed by atoms with E-state index in [0.29, 0.717) is 28.7 Å². The minimum absolute atomic E-state index is 0.0785. The van der Waals surface area contributed by atoms with Crippen molar-refractivity contribution in [2.75, 3.05) is 19.6 Å². The Labute approximate surface area is 187 Å². The number of amides is 2. The number of fused-ring (bicyclic) bond motifs is 1. The van der Waals surface area contributed by atoms with Gasteiger partial charge in [0.2, 0.25) is 0 Å². The molecule has 1 aliphatic rings. The number of carbonyl (C=O) groups excluding carboxylic acids is 2. The number of aromatic amines is 1. The van der Waals surface area contributed by atoms with Crippen LogP contribution in [0.15, 0.2) is 48.8 Å². The molecule has 1 aromatic carbocycles. The van der Waals surface area contributed by atoms with Gasteiger partial charge in [0.05, 0.1) is 0 Å². The molecule has 1 saturated heterocycles. The maximum atomic E-state index is 12.6. The summed E-state index contributed by atoms with van der Waals surface area (Å²) in [5.41, 5.74) is 2.19. The van der Waals surface area contributed by atoms with Crippen molar-refractivity contribution >= 4 is 34.3 Å². The van der Waals surface area contributed by atoms with Crippen molar-refractivity contribution in [2.45, 2.75) is 32.1 Å². The van der Waals surface area contributed by atoms with Crippen LogP contribution in [0.1, 0.15) is 53.0 Å². The third kappa shape index (κ3) is 5.44. The zero-order chi connectivity index (χ0) is 21.6. The molecule has 162 valence electrons. The van der Waals surface area contributed by atoms with Gasteiger partial charge in [0, 0.05) is 53.5 Å². The molecular formula is C24H27ClN4O2. The van der Waals surface area contributed by atoms with Crippen LogP contribution < -0.4 is 5.32 Å². The van der Waals surface area contributed by atoms with E-state index in [1.165, 1.54) is 0 Å². The number of hydrogen-bond donors (Lipinski definition) is 2. The molecule has 0 spiro atoms. The van der Waals surface area contributed by atoms with E-state index in [9.17, 15) is 9.59 Å². The van der Waals surface area contributed by atoms with Crippen LogP contribution >= 0.6 is 11.6 Å². The smallest absolute Gasteiger partial charge is 0.267 e. The highest BCUT2D eigenvalue weighted by molar-refractivity contribution is 6.30. The van der Waals surface area contributed by atoms with E-state index in [0.717, 1.165) is 56.1 Å². The van der Waals surface area contributed by atoms with Crippen LogP contribution in [0.25, 0.3) is 10.9 Å². The lowest BCUT2D eigenvalue weighted by atomic mass is 9.91. The molecule has 2 N–H and O–H groups in total. The van der Waals surface area contributed by atoms with Gasteiger partial charge < -0.3 is 15.2 Å². The summed E-state index contributed by atoms with van der Waals surface area (Å²) in [4.78, 5) is 34.0. The standard InChI is InChI=1S/C24H27ClN4O2/c25-20-6-4-18(5-7-20)24(31)29-13-9-17(10-14-29)3-1-2-11-27-23(30)22-15-19-16-26-12-8-21(19)28-22/h4-8,12,15-17,28H,1-3,9-11,13-14H2,(H,27,30). The number of rotatable bonds is 7. The Morgan fingerprint density at radius 1 is 1.13 bits per heavy atom. The van der Waals surface area contributed by atoms with E-state index in [-0.39, 0.29) is 11.8 Å². The Kier molecular flexibility index (Phi) is 6.87. The summed E-state index contributed by atoms with van der Waals surface area (Å²) in [5, 5.41) is 4.57. The van der Waals surface area contributed by atoms with Gasteiger partial charge in [-0.2, -0.15) is 0 Å². The first kappa shape index (κ1) is 21.4. The normalized spacial score (nSPS) is 14.7. The zero-order valence-corrected chi connectivity index (χ0v) is 18.2. The lowest BCUT2D eigenvalue weighted by Crippen LogP contribution is -2.38. The summed E-state index contributed by atoms with van der Waals surface area (Å²) < 4.78 is 0. The molecule has 1 fully saturated rings. The molecule has 1 aliphatic heterocycles. The number of nitrogens with zero attached hydrogens (tertiary/aromatic N) is 2. The van der Waals surface area contributed by atoms with Gasteiger partial charge in [0.25, 0.3) is 11.8 Å². The Morgan fingerprint density at radius 3 is 2.65 bits per heavy atom. The van der Waals surface area contributed by atoms with Gasteiger partial charge in [-0.05, 0) is 61.6 Å². The summed E-state index contributed by atoms with van der Waals surface area (Å²) in [7, 11) is 0. The van der Waals surface area contributed by atoms with Crippen molar-refractivity contribution in [3.63, 3.8) is 0 Å². The third-order valence-electron chi connectivity index (χ3n) is 5.98. The van der Waals surface area contributed by atoms with E-state index in [4.69, 9.17) is 11.6 Å². The Hall–Kier alpha value is -2.86. The summed E-state index contributed by atoms with van der Waals surface area (Å²) in [6, 6.07) is 10.8. The molecule has 0 radical (unpaired) electrons. The van der Waals surface area contributed by atoms with Crippen molar-refractivity contribution in [1.29, 1.82) is 0 Å². The first-order valence-electron chi connectivity index (χ1n) is 10.9. The minimum Gasteiger partial charge on any atom is -0.351 e. The second kappa shape index (κ2) is 9.96. The summed E-state index contributed by atoms with van der Waals surface area (Å²) >= 11 is 5.91. The van der Waals surface area contributed by atoms with Gasteiger partial charge in [-0.1, -0.05) is 24.4 Å². The van der Waals surface area contributed by atoms with E-state index in [2.05, 4.69) is 15.3 Å². The molecule has 0 atom stereocenters. The second-order valence-corrected chi connectivity index (χ2v) is 8.58. The SMILES string of the molecule is O=C(NCCCCC1CCN(C(=O)c2ccc(Cl)cc2)CC1)c1cc2cnccc2[nH]1. The van der Waals surface area contributed by atoms with Crippen LogP contribution in [-0.2, 0) is 0 Å². The highest BCUT2D eigenvalue weighted by Gasteiger charge is 2.23. The summed E-state index contributed by atoms with van der Waals surface area (Å²) in [6.45, 7) is 2.27. The van der Waals surface area contributed by atoms with E-state index in [1.54, 1.807) is 36.7 Å². The fourth-order valence-corrected chi connectivity index (χ4v) is 4.28. The zero-order valence-electron chi connectivity index (χ0n) is 17.4. The van der Waals surface area contributed by atoms with Crippen molar-refractivity contribution in [1.82, 2.24) is 20.2 Å². The average molecular weight is 439 g/mol. The second-order valence-electron chi connectivity index (χ2n) is 8.14. The van der Waals surface area contributed by atoms with Gasteiger partial charge in [-0.15, -0.1) is 0 Å². The number of pyridine rings is 1. The maximum Gasteiger partial charge on any atom is 0.267 e. The molecule has 0 bridgehead atoms. The van der Waals surface area contributed by atoms with Crippen LogP contribution in [0, 0.1) is 5.92 Å². The first-order valence-corrected chi connectivity index (χ1v) is 11.2. The Morgan fingerprint density at radius 2 is 1.90 bits per heavy atom. The average Bonchev–Trinajstić information content (AvgIpc) is 3.24. The summed E-state index contributed by atoms with van der Waals surface area (Å²) in [6.07, 6.45) is 8.69. The molecule has 0 aliphatic carbocycles. The predicted octanol–water partition coefficient (Wildman–Crippen LogP) is 4.67. The quantitative estimate of drug-likeness (QED) is 0.526. The van der Waals surface area contributed by atoms with Gasteiger partial charge in [-0.3, -0.25) is 14.6 Å². The highest BCUT2D eigenvalue weighted by atomic mass is 35.5. The van der Waals surface area contributed by atoms with E-state index < -0.39 is 0 Å². The number of unbranched alkanes of at least 4 members (excludes halogenated alkanes) is 1. The Balaban J connectivity index is 1.13. The molecule has 0 saturated carbocycles. The van der Waals surface area contributed by atoms with Crippen molar-refractivity contribution in [3.8, 4) is 0 Å². The van der Waals surface area contributed by atoms with Crippen molar-refractivity contribution < 1.29 is 9.59 Å². The molecule has 31 heavy (non-hydrogen) atoms. The third-order valence-corrected chi connectivity index (χ3v) is 6.24. The van der Waals surface area contributed by atoms with Crippen LogP contribution in [0.4, 0.5) is 0 Å². The molecule has 3 aromatic rings. The highest BCUT2D eigenvalue weighted by Crippen LogP contribution is 2.24. The van der Waals surface area contributed by atoms with Gasteiger partial charge in [-0.25, -0.2) is 0 Å². The molecule has 3 heterocycles. The lowest BCUT2D eigenvalue weighted by molar-refractivity contribution is 0.0686. The number of H-pyrrole nitrogens is 1. The van der Waals surface area contributed by atoms with Gasteiger partial charge in [0.15, 0.2) is 0 Å². The number of benzene rings is 1. The fraction of sp³-hybridized carbons (Fsp3) is 0.375. The molecular weight excluding hydrogens is 412 g/mol. The van der Waals surface area contributed by atoms with Gasteiger partial charge in [0.1, 0.15) is 5.69 Å². The first-order chi connectivity index (χ1) is 15.1. The topological polar surface area (TPSA) is 78.1 Å². The number of hydrogen-bond acceptors (Lipinski definition) is 3. The molecule has 0 unspecified atom stereocenters. The van der Waals surface area contributed by atoms with Gasteiger partial charge >= 0.3 is 0 Å². The number of aromatic nitrogens is 2. The molecule has 2 amide bonds. The summed E-state index contributed by atoms with van der Waals surface area (Å²) in [5.74, 6) is 0.655. The fourth-order valence-electron chi connectivity index (χ4n) is 4.15. The molecule has 2 aromatic heterocycles. The van der Waals surface area contributed by atoms with Crippen LogP contribution in [0.2, 0.25) is 5.02 Å². The minimum atomic E-state index is -0.0785. The monoisotopic (exact) mass is 438 g/mol. The Bertz CT molecular complexity index is 1010. The number of piperidine rings is 1. The molecule has 6 nitrogen and oxygen atoms in total. The van der Waals surface area contributed by atoms with Crippen molar-refractivity contribution in [2.24, 2.45) is 5.92 Å². The molecule has 4 rings (SSSR count). The predicted molar refractivity (Wildman–Crippen MR) is 122 cm³/mol. The number of nitrogens with one attached hydrogen (secondary N) is 2. The van der Waals surface area contributed by atoms with Crippen molar-refractivity contribution in [3.05, 3.63) is 65.1 Å². The van der Waals surface area contributed by atoms with Crippen LogP contribution in [-0.4, -0.2) is 46.3 Å². The largest absolute Gasteiger partial charge is 0.351 e. The lowest BCUT2D eigenvalue weighted by Gasteiger charge is -2.32. The number of halogens is 1. The van der Waals surface area contributed by atoms with E-state index >= 15 is 0 Å².